The largest absolute Gasteiger partial charge is 1.00 e. The summed E-state index contributed by atoms with van der Waals surface area (Å²) in [7, 11) is 0. The monoisotopic (exact) mass is 231 g/mol. The van der Waals surface area contributed by atoms with Gasteiger partial charge in [-0.2, -0.15) is 0 Å². The summed E-state index contributed by atoms with van der Waals surface area (Å²) in [6.45, 7) is 1.87. The summed E-state index contributed by atoms with van der Waals surface area (Å²) in [5, 5.41) is 0. The van der Waals surface area contributed by atoms with Crippen LogP contribution in [0.4, 0.5) is 4.39 Å². The number of halogens is 1. The maximum atomic E-state index is 12.8. The molecule has 17 heavy (non-hydrogen) atoms. The zero-order valence-corrected chi connectivity index (χ0v) is 9.98. The molecule has 4 rings (SSSR count). The molecule has 3 saturated heterocycles. The Labute approximate surface area is 111 Å². The molecule has 1 aromatic heterocycles. The molecule has 4 nitrogen and oxygen atoms in total. The number of aromatic nitrogens is 1. The molecule has 0 saturated carbocycles. The molecule has 3 fully saturated rings. The Morgan fingerprint density at radius 3 is 2.29 bits per heavy atom. The maximum absolute atomic E-state index is 12.8. The second kappa shape index (κ2) is 4.38. The molecule has 7 heteroatoms. The van der Waals surface area contributed by atoms with E-state index in [9.17, 15) is 4.39 Å². The van der Waals surface area contributed by atoms with Crippen molar-refractivity contribution in [3.05, 3.63) is 24.1 Å². The zero-order chi connectivity index (χ0) is 11.2. The van der Waals surface area contributed by atoms with E-state index in [2.05, 4.69) is 4.98 Å². The molecule has 0 aliphatic carbocycles. The van der Waals surface area contributed by atoms with Crippen LogP contribution in [0.1, 0.15) is 6.92 Å². The van der Waals surface area contributed by atoms with Crippen molar-refractivity contribution >= 4 is 12.3 Å². The Hall–Kier alpha value is -0.378. The van der Waals surface area contributed by atoms with Crippen LogP contribution in [0.25, 0.3) is 0 Å². The Kier molecular flexibility index (Phi) is 3.36. The molecule has 0 unspecified atom stereocenters. The second-order valence-electron chi connectivity index (χ2n) is 4.79. The Morgan fingerprint density at radius 2 is 1.82 bits per heavy atom. The van der Waals surface area contributed by atoms with E-state index in [4.69, 9.17) is 14.0 Å². The van der Waals surface area contributed by atoms with E-state index in [0.717, 1.165) is 6.20 Å². The quantitative estimate of drug-likeness (QED) is 0.499. The van der Waals surface area contributed by atoms with E-state index in [0.29, 0.717) is 25.4 Å². The number of rotatable bonds is 1. The van der Waals surface area contributed by atoms with Gasteiger partial charge in [0.05, 0.1) is 6.20 Å². The van der Waals surface area contributed by atoms with Gasteiger partial charge in [-0.1, -0.05) is 13.0 Å². The predicted molar refractivity (Wildman–Crippen MR) is 55.5 cm³/mol. The van der Waals surface area contributed by atoms with Gasteiger partial charge in [-0.15, -0.1) is 0 Å². The number of pyridine rings is 1. The molecule has 0 radical (unpaired) electrons. The van der Waals surface area contributed by atoms with Crippen molar-refractivity contribution in [2.45, 2.75) is 6.92 Å². The van der Waals surface area contributed by atoms with E-state index in [1.54, 1.807) is 6.07 Å². The van der Waals surface area contributed by atoms with Crippen LogP contribution in [-0.2, 0) is 14.0 Å². The normalized spacial score (nSPS) is 35.4. The van der Waals surface area contributed by atoms with Crippen molar-refractivity contribution in [2.24, 2.45) is 5.41 Å². The van der Waals surface area contributed by atoms with Crippen molar-refractivity contribution in [2.75, 3.05) is 19.8 Å². The molecule has 0 amide bonds. The fraction of sp³-hybridized carbons (Fsp3) is 0.500. The molecule has 86 valence electrons. The zero-order valence-electron chi connectivity index (χ0n) is 9.98. The van der Waals surface area contributed by atoms with Crippen LogP contribution in [-0.4, -0.2) is 31.6 Å². The van der Waals surface area contributed by atoms with Crippen LogP contribution >= 0.6 is 0 Å². The van der Waals surface area contributed by atoms with Gasteiger partial charge in [0.15, 0.2) is 0 Å². The fourth-order valence-electron chi connectivity index (χ4n) is 2.05. The average Bonchev–Trinajstić information content (AvgIpc) is 2.31. The summed E-state index contributed by atoms with van der Waals surface area (Å²) in [6.07, 6.45) is 1.14. The SMILES string of the molecule is CC12CO[B-](c3ccc(F)cn3)(OC1)OC2.[Li+]. The Balaban J connectivity index is 0.00000108. The average molecular weight is 231 g/mol. The number of nitrogens with zero attached hydrogens (tertiary/aromatic N) is 1. The standard InChI is InChI=1S/C10H12BFNO3.Li/c1-10-5-14-11(15-6-10,16-7-10)9-3-2-8(12)4-13-9;/h2-4H,5-7H2,1H3;/q-1;+1. The fourth-order valence-corrected chi connectivity index (χ4v) is 2.05. The van der Waals surface area contributed by atoms with Gasteiger partial charge >= 0.3 is 25.6 Å². The minimum absolute atomic E-state index is 0. The molecule has 0 aromatic carbocycles. The molecule has 2 bridgehead atoms. The minimum atomic E-state index is -1.94. The molecular formula is C10H12BFLiNO3. The number of hydrogen-bond donors (Lipinski definition) is 0. The molecule has 1 aromatic rings. The van der Waals surface area contributed by atoms with E-state index in [1.807, 2.05) is 6.92 Å². The molecule has 4 heterocycles. The van der Waals surface area contributed by atoms with Gasteiger partial charge in [-0.25, -0.2) is 4.39 Å². The van der Waals surface area contributed by atoms with Crippen LogP contribution in [0.15, 0.2) is 18.3 Å². The number of hydrogen-bond acceptors (Lipinski definition) is 4. The van der Waals surface area contributed by atoms with Crippen LogP contribution in [0.5, 0.6) is 0 Å². The predicted octanol–water partition coefficient (Wildman–Crippen LogP) is -2.55. The summed E-state index contributed by atoms with van der Waals surface area (Å²) >= 11 is 0. The van der Waals surface area contributed by atoms with Crippen molar-refractivity contribution in [1.29, 1.82) is 0 Å². The first-order chi connectivity index (χ1) is 7.62. The maximum Gasteiger partial charge on any atom is 1.00 e. The van der Waals surface area contributed by atoms with E-state index in [-0.39, 0.29) is 30.1 Å². The van der Waals surface area contributed by atoms with Gasteiger partial charge < -0.3 is 14.0 Å². The van der Waals surface area contributed by atoms with Crippen LogP contribution in [0.2, 0.25) is 0 Å². The van der Waals surface area contributed by atoms with Crippen molar-refractivity contribution in [1.82, 2.24) is 4.98 Å². The molecule has 0 atom stereocenters. The van der Waals surface area contributed by atoms with Gasteiger partial charge in [0.2, 0.25) is 0 Å². The minimum Gasteiger partial charge on any atom is -0.539 e. The Morgan fingerprint density at radius 1 is 1.24 bits per heavy atom. The second-order valence-corrected chi connectivity index (χ2v) is 4.79. The van der Waals surface area contributed by atoms with Crippen molar-refractivity contribution in [3.8, 4) is 0 Å². The van der Waals surface area contributed by atoms with Gasteiger partial charge in [-0.3, -0.25) is 4.98 Å². The third-order valence-electron chi connectivity index (χ3n) is 3.07. The van der Waals surface area contributed by atoms with Crippen LogP contribution in [0.3, 0.4) is 0 Å². The summed E-state index contributed by atoms with van der Waals surface area (Å²) in [6, 6.07) is 2.88. The van der Waals surface area contributed by atoms with E-state index in [1.165, 1.54) is 6.07 Å². The topological polar surface area (TPSA) is 40.6 Å². The summed E-state index contributed by atoms with van der Waals surface area (Å²) in [4.78, 5) is 3.97. The first kappa shape index (κ1) is 13.1. The van der Waals surface area contributed by atoms with Gasteiger partial charge in [-0.05, 0) is 11.7 Å². The smallest absolute Gasteiger partial charge is 0.539 e. The van der Waals surface area contributed by atoms with Crippen molar-refractivity contribution in [3.63, 3.8) is 0 Å². The van der Waals surface area contributed by atoms with Crippen LogP contribution in [0, 0.1) is 11.2 Å². The Bertz CT molecular complexity index is 392. The van der Waals surface area contributed by atoms with Gasteiger partial charge in [0.1, 0.15) is 5.82 Å². The first-order valence-corrected chi connectivity index (χ1v) is 5.29. The summed E-state index contributed by atoms with van der Waals surface area (Å²) in [5.74, 6) is -0.382. The van der Waals surface area contributed by atoms with Gasteiger partial charge in [0.25, 0.3) is 0 Å². The van der Waals surface area contributed by atoms with Gasteiger partial charge in [0, 0.05) is 25.2 Å². The summed E-state index contributed by atoms with van der Waals surface area (Å²) < 4.78 is 29.7. The third kappa shape index (κ3) is 2.16. The molecular weight excluding hydrogens is 219 g/mol. The van der Waals surface area contributed by atoms with Crippen molar-refractivity contribution < 1.29 is 37.2 Å². The van der Waals surface area contributed by atoms with E-state index < -0.39 is 6.75 Å². The first-order valence-electron chi connectivity index (χ1n) is 5.29. The molecule has 0 spiro atoms. The van der Waals surface area contributed by atoms with E-state index >= 15 is 0 Å². The van der Waals surface area contributed by atoms with Crippen LogP contribution < -0.4 is 24.5 Å². The molecule has 3 aliphatic heterocycles. The molecule has 0 N–H and O–H groups in total. The third-order valence-corrected chi connectivity index (χ3v) is 3.07. The summed E-state index contributed by atoms with van der Waals surface area (Å²) in [5.41, 5.74) is 0.451. The molecule has 3 aliphatic rings. The number of fused-ring (bicyclic) bond motifs is 3.